The van der Waals surface area contributed by atoms with Gasteiger partial charge >= 0.3 is 5.97 Å². The molecule has 3 nitrogen and oxygen atoms in total. The maximum Gasteiger partial charge on any atom is 0.305 e. The third-order valence-electron chi connectivity index (χ3n) is 4.80. The van der Waals surface area contributed by atoms with Gasteiger partial charge in [0, 0.05) is 19.4 Å². The molecule has 0 aliphatic carbocycles. The van der Waals surface area contributed by atoms with E-state index in [-0.39, 0.29) is 12.6 Å². The van der Waals surface area contributed by atoms with E-state index in [0.29, 0.717) is 19.4 Å². The highest BCUT2D eigenvalue weighted by molar-refractivity contribution is 5.69. The zero-order valence-electron chi connectivity index (χ0n) is 16.9. The van der Waals surface area contributed by atoms with Crippen molar-refractivity contribution in [3.05, 3.63) is 0 Å². The lowest BCUT2D eigenvalue weighted by Crippen LogP contribution is -2.06. The van der Waals surface area contributed by atoms with Crippen molar-refractivity contribution in [3.63, 3.8) is 0 Å². The molecule has 0 rings (SSSR count). The molecule has 0 spiro atoms. The number of unbranched alkanes of at least 4 members (excludes halogenated alkanes) is 15. The summed E-state index contributed by atoms with van der Waals surface area (Å²) in [6.45, 7) is 2.72. The molecule has 0 saturated carbocycles. The summed E-state index contributed by atoms with van der Waals surface area (Å²) in [5, 5.41) is 8.61. The molecule has 0 amide bonds. The SMILES string of the molecule is CCCCCCCCCCCCCCCCCCC(=O)OCCCO. The van der Waals surface area contributed by atoms with Crippen molar-refractivity contribution in [2.45, 2.75) is 122 Å². The normalized spacial score (nSPS) is 11.0. The van der Waals surface area contributed by atoms with E-state index >= 15 is 0 Å². The lowest BCUT2D eigenvalue weighted by molar-refractivity contribution is -0.144. The van der Waals surface area contributed by atoms with Gasteiger partial charge < -0.3 is 9.84 Å². The molecule has 0 unspecified atom stereocenters. The molecule has 0 radical (unpaired) electrons. The minimum Gasteiger partial charge on any atom is -0.466 e. The monoisotopic (exact) mass is 356 g/mol. The summed E-state index contributed by atoms with van der Waals surface area (Å²) in [5.74, 6) is -0.112. The minimum absolute atomic E-state index is 0.0896. The summed E-state index contributed by atoms with van der Waals surface area (Å²) in [6, 6.07) is 0. The standard InChI is InChI=1S/C22H44O3/c1-2-3-4-5-6-7-8-9-10-11-12-13-14-15-16-17-19-22(24)25-21-18-20-23/h23H,2-21H2,1H3. The van der Waals surface area contributed by atoms with Crippen LogP contribution in [0.15, 0.2) is 0 Å². The first kappa shape index (κ1) is 24.4. The van der Waals surface area contributed by atoms with Crippen molar-refractivity contribution >= 4 is 5.97 Å². The summed E-state index contributed by atoms with van der Waals surface area (Å²) in [5.41, 5.74) is 0. The van der Waals surface area contributed by atoms with Gasteiger partial charge in [0.05, 0.1) is 6.61 Å². The van der Waals surface area contributed by atoms with Crippen LogP contribution >= 0.6 is 0 Å². The molecule has 0 atom stereocenters. The van der Waals surface area contributed by atoms with Crippen LogP contribution in [0.5, 0.6) is 0 Å². The van der Waals surface area contributed by atoms with E-state index in [1.54, 1.807) is 0 Å². The van der Waals surface area contributed by atoms with Gasteiger partial charge in [-0.15, -0.1) is 0 Å². The van der Waals surface area contributed by atoms with Gasteiger partial charge in [0.15, 0.2) is 0 Å². The molecule has 0 fully saturated rings. The smallest absolute Gasteiger partial charge is 0.305 e. The van der Waals surface area contributed by atoms with Gasteiger partial charge in [-0.1, -0.05) is 103 Å². The van der Waals surface area contributed by atoms with Crippen LogP contribution in [0.4, 0.5) is 0 Å². The van der Waals surface area contributed by atoms with E-state index in [4.69, 9.17) is 9.84 Å². The highest BCUT2D eigenvalue weighted by Gasteiger charge is 2.02. The molecule has 0 aliphatic heterocycles. The zero-order chi connectivity index (χ0) is 18.4. The Kier molecular flexibility index (Phi) is 21.0. The fraction of sp³-hybridized carbons (Fsp3) is 0.955. The Morgan fingerprint density at radius 2 is 1.04 bits per heavy atom. The van der Waals surface area contributed by atoms with Gasteiger partial charge in [-0.05, 0) is 6.42 Å². The number of rotatable bonds is 20. The van der Waals surface area contributed by atoms with Crippen LogP contribution in [-0.2, 0) is 9.53 Å². The molecule has 0 saturated heterocycles. The number of carbonyl (C=O) groups excluding carboxylic acids is 1. The fourth-order valence-corrected chi connectivity index (χ4v) is 3.14. The molecular formula is C22H44O3. The van der Waals surface area contributed by atoms with Crippen molar-refractivity contribution < 1.29 is 14.6 Å². The average Bonchev–Trinajstić information content (AvgIpc) is 2.61. The fourth-order valence-electron chi connectivity index (χ4n) is 3.14. The van der Waals surface area contributed by atoms with E-state index in [2.05, 4.69) is 6.92 Å². The molecule has 0 aliphatic rings. The number of hydrogen-bond donors (Lipinski definition) is 1. The molecule has 0 aromatic carbocycles. The molecule has 3 heteroatoms. The molecule has 25 heavy (non-hydrogen) atoms. The van der Waals surface area contributed by atoms with E-state index in [9.17, 15) is 4.79 Å². The van der Waals surface area contributed by atoms with Crippen molar-refractivity contribution in [1.29, 1.82) is 0 Å². The molecule has 0 aromatic heterocycles. The van der Waals surface area contributed by atoms with E-state index < -0.39 is 0 Å². The second kappa shape index (κ2) is 21.5. The second-order valence-corrected chi connectivity index (χ2v) is 7.35. The van der Waals surface area contributed by atoms with Crippen LogP contribution in [0, 0.1) is 0 Å². The molecule has 0 aromatic rings. The third-order valence-corrected chi connectivity index (χ3v) is 4.80. The zero-order valence-corrected chi connectivity index (χ0v) is 16.9. The maximum atomic E-state index is 11.4. The Hall–Kier alpha value is -0.570. The summed E-state index contributed by atoms with van der Waals surface area (Å²) in [7, 11) is 0. The number of aliphatic hydroxyl groups excluding tert-OH is 1. The number of esters is 1. The van der Waals surface area contributed by atoms with E-state index in [0.717, 1.165) is 12.8 Å². The van der Waals surface area contributed by atoms with Gasteiger partial charge in [-0.25, -0.2) is 0 Å². The Bertz CT molecular complexity index is 266. The van der Waals surface area contributed by atoms with Gasteiger partial charge in [-0.2, -0.15) is 0 Å². The van der Waals surface area contributed by atoms with Gasteiger partial charge in [0.25, 0.3) is 0 Å². The molecular weight excluding hydrogens is 312 g/mol. The lowest BCUT2D eigenvalue weighted by atomic mass is 10.0. The predicted molar refractivity (Wildman–Crippen MR) is 107 cm³/mol. The molecule has 150 valence electrons. The van der Waals surface area contributed by atoms with E-state index in [1.807, 2.05) is 0 Å². The number of hydrogen-bond acceptors (Lipinski definition) is 3. The maximum absolute atomic E-state index is 11.4. The first-order chi connectivity index (χ1) is 12.3. The summed E-state index contributed by atoms with van der Waals surface area (Å²) in [4.78, 5) is 11.4. The van der Waals surface area contributed by atoms with Crippen molar-refractivity contribution in [3.8, 4) is 0 Å². The quantitative estimate of drug-likeness (QED) is 0.198. The lowest BCUT2D eigenvalue weighted by Gasteiger charge is -2.04. The minimum atomic E-state index is -0.112. The number of carbonyl (C=O) groups is 1. The first-order valence-electron chi connectivity index (χ1n) is 11.1. The van der Waals surface area contributed by atoms with Crippen LogP contribution in [0.3, 0.4) is 0 Å². The van der Waals surface area contributed by atoms with Crippen LogP contribution in [0.25, 0.3) is 0 Å². The number of aliphatic hydroxyl groups is 1. The third kappa shape index (κ3) is 21.4. The highest BCUT2D eigenvalue weighted by Crippen LogP contribution is 2.14. The molecule has 0 heterocycles. The topological polar surface area (TPSA) is 46.5 Å². The van der Waals surface area contributed by atoms with Crippen LogP contribution < -0.4 is 0 Å². The Labute approximate surface area is 156 Å². The molecule has 1 N–H and O–H groups in total. The van der Waals surface area contributed by atoms with Crippen molar-refractivity contribution in [2.24, 2.45) is 0 Å². The van der Waals surface area contributed by atoms with E-state index in [1.165, 1.54) is 89.9 Å². The second-order valence-electron chi connectivity index (χ2n) is 7.35. The Balaban J connectivity index is 3.06. The largest absolute Gasteiger partial charge is 0.466 e. The summed E-state index contributed by atoms with van der Waals surface area (Å²) < 4.78 is 5.01. The molecule has 0 bridgehead atoms. The van der Waals surface area contributed by atoms with Crippen molar-refractivity contribution in [2.75, 3.05) is 13.2 Å². The Morgan fingerprint density at radius 3 is 1.44 bits per heavy atom. The predicted octanol–water partition coefficient (Wildman–Crippen LogP) is 6.56. The van der Waals surface area contributed by atoms with Crippen LogP contribution in [0.2, 0.25) is 0 Å². The van der Waals surface area contributed by atoms with Crippen LogP contribution in [-0.4, -0.2) is 24.3 Å². The average molecular weight is 357 g/mol. The first-order valence-corrected chi connectivity index (χ1v) is 11.1. The summed E-state index contributed by atoms with van der Waals surface area (Å²) in [6.07, 6.45) is 22.6. The van der Waals surface area contributed by atoms with Gasteiger partial charge in [0.2, 0.25) is 0 Å². The van der Waals surface area contributed by atoms with Gasteiger partial charge in [0.1, 0.15) is 0 Å². The summed E-state index contributed by atoms with van der Waals surface area (Å²) >= 11 is 0. The van der Waals surface area contributed by atoms with Crippen molar-refractivity contribution in [1.82, 2.24) is 0 Å². The van der Waals surface area contributed by atoms with Gasteiger partial charge in [-0.3, -0.25) is 4.79 Å². The highest BCUT2D eigenvalue weighted by atomic mass is 16.5. The van der Waals surface area contributed by atoms with Crippen LogP contribution in [0.1, 0.15) is 122 Å². The Morgan fingerprint density at radius 1 is 0.640 bits per heavy atom. The number of ether oxygens (including phenoxy) is 1.